The van der Waals surface area contributed by atoms with Crippen molar-refractivity contribution in [3.63, 3.8) is 0 Å². The number of pyridine rings is 1. The Bertz CT molecular complexity index is 1670. The third kappa shape index (κ3) is 5.12. The molecule has 0 bridgehead atoms. The van der Waals surface area contributed by atoms with Crippen molar-refractivity contribution in [3.8, 4) is 22.6 Å². The zero-order chi connectivity index (χ0) is 29.2. The molecule has 1 fully saturated rings. The van der Waals surface area contributed by atoms with Crippen LogP contribution in [-0.4, -0.2) is 26.5 Å². The first-order chi connectivity index (χ1) is 18.6. The molecule has 1 aliphatic carbocycles. The molecule has 12 heteroatoms. The molecule has 1 saturated carbocycles. The summed E-state index contributed by atoms with van der Waals surface area (Å²) < 4.78 is 75.6. The molecule has 3 N–H and O–H groups in total. The van der Waals surface area contributed by atoms with Gasteiger partial charge in [0.1, 0.15) is 28.0 Å². The van der Waals surface area contributed by atoms with Crippen molar-refractivity contribution < 1.29 is 36.9 Å². The monoisotopic (exact) mass is 580 g/mol. The Morgan fingerprint density at radius 1 is 1.05 bits per heavy atom. The summed E-state index contributed by atoms with van der Waals surface area (Å²) in [6, 6.07) is 8.89. The topological polar surface area (TPSA) is 83.7 Å². The van der Waals surface area contributed by atoms with E-state index in [1.54, 1.807) is 26.0 Å². The molecule has 0 spiro atoms. The molecule has 6 nitrogen and oxygen atoms in total. The van der Waals surface area contributed by atoms with Crippen LogP contribution in [0.4, 0.5) is 22.0 Å². The molecule has 4 aromatic rings. The number of hydrogen-bond acceptors (Lipinski definition) is 6. The maximum atomic E-state index is 14.5. The van der Waals surface area contributed by atoms with Gasteiger partial charge in [-0.25, -0.2) is 8.78 Å². The number of rotatable bonds is 7. The summed E-state index contributed by atoms with van der Waals surface area (Å²) >= 11 is 0.853. The van der Waals surface area contributed by atoms with Crippen molar-refractivity contribution in [2.24, 2.45) is 7.05 Å². The molecule has 0 amide bonds. The van der Waals surface area contributed by atoms with Crippen molar-refractivity contribution in [2.75, 3.05) is 0 Å². The first kappa shape index (κ1) is 28.2. The number of fused-ring (bicyclic) bond motifs is 1. The summed E-state index contributed by atoms with van der Waals surface area (Å²) in [4.78, 5) is 13.1. The summed E-state index contributed by atoms with van der Waals surface area (Å²) in [5.41, 5.74) is -2.77. The minimum atomic E-state index is -4.55. The first-order valence-electron chi connectivity index (χ1n) is 12.3. The van der Waals surface area contributed by atoms with Crippen molar-refractivity contribution in [1.29, 1.82) is 0 Å². The van der Waals surface area contributed by atoms with Gasteiger partial charge in [-0.1, -0.05) is 6.07 Å². The Kier molecular flexibility index (Phi) is 6.81. The first-order valence-corrected chi connectivity index (χ1v) is 13.1. The van der Waals surface area contributed by atoms with Gasteiger partial charge >= 0.3 is 6.18 Å². The Hall–Kier alpha value is -3.32. The summed E-state index contributed by atoms with van der Waals surface area (Å²) in [6.45, 7) is 3.11. The van der Waals surface area contributed by atoms with Gasteiger partial charge < -0.3 is 19.5 Å². The molecule has 0 aliphatic heterocycles. The minimum absolute atomic E-state index is 0.0979. The second-order valence-electron chi connectivity index (χ2n) is 10.4. The quantitative estimate of drug-likeness (QED) is 0.178. The number of aromatic nitrogens is 1. The molecule has 2 heterocycles. The molecule has 1 aliphatic rings. The average molecular weight is 581 g/mol. The number of benzene rings is 2. The number of thiophene rings is 1. The van der Waals surface area contributed by atoms with E-state index in [4.69, 9.17) is 4.74 Å². The van der Waals surface area contributed by atoms with Crippen LogP contribution in [0, 0.1) is 11.6 Å². The molecule has 40 heavy (non-hydrogen) atoms. The molecule has 5 rings (SSSR count). The van der Waals surface area contributed by atoms with E-state index < -0.39 is 40.7 Å². The van der Waals surface area contributed by atoms with Crippen molar-refractivity contribution >= 4 is 21.4 Å². The lowest BCUT2D eigenvalue weighted by molar-refractivity contribution is -0.174. The standard InChI is InChI=1S/C28H25F5N2O4S/c1-26(2,38)14-4-6-20(39-21-7-5-15(29)11-19(21)30)16(10-14)18-13-35(3)25(37)23-17(18)12-22(40-23)24(36)34-27(8-9-27)28(31,32)33/h4-7,10-13,24,34,36,38H,8-9H2,1-3H3. The van der Waals surface area contributed by atoms with Gasteiger partial charge in [0.25, 0.3) is 5.56 Å². The zero-order valence-electron chi connectivity index (χ0n) is 21.6. The van der Waals surface area contributed by atoms with Gasteiger partial charge in [0.15, 0.2) is 11.6 Å². The second-order valence-corrected chi connectivity index (χ2v) is 11.5. The van der Waals surface area contributed by atoms with Crippen LogP contribution in [0.1, 0.15) is 43.4 Å². The van der Waals surface area contributed by atoms with Crippen LogP contribution in [0.5, 0.6) is 11.5 Å². The van der Waals surface area contributed by atoms with Crippen molar-refractivity contribution in [2.45, 2.75) is 50.2 Å². The van der Waals surface area contributed by atoms with Gasteiger partial charge in [-0.2, -0.15) is 13.2 Å². The Morgan fingerprint density at radius 2 is 1.73 bits per heavy atom. The number of aliphatic hydroxyl groups is 2. The Labute approximate surface area is 229 Å². The second kappa shape index (κ2) is 9.65. The average Bonchev–Trinajstić information content (AvgIpc) is 3.51. The van der Waals surface area contributed by atoms with Gasteiger partial charge in [0.2, 0.25) is 0 Å². The van der Waals surface area contributed by atoms with Gasteiger partial charge in [-0.05, 0) is 62.6 Å². The fourth-order valence-corrected chi connectivity index (χ4v) is 5.55. The summed E-state index contributed by atoms with van der Waals surface area (Å²) in [5.74, 6) is -1.90. The van der Waals surface area contributed by atoms with Crippen LogP contribution in [0.2, 0.25) is 0 Å². The van der Waals surface area contributed by atoms with Gasteiger partial charge in [0, 0.05) is 40.7 Å². The largest absolute Gasteiger partial charge is 0.454 e. The SMILES string of the molecule is Cn1cc(-c2cc(C(C)(C)O)ccc2Oc2ccc(F)cc2F)c2cc(C(O)NC3(C(F)(F)F)CC3)sc2c1=O. The Morgan fingerprint density at radius 3 is 2.33 bits per heavy atom. The normalized spacial score (nSPS) is 15.8. The van der Waals surface area contributed by atoms with E-state index in [2.05, 4.69) is 5.32 Å². The third-order valence-corrected chi connectivity index (χ3v) is 8.12. The minimum Gasteiger partial charge on any atom is -0.454 e. The molecular weight excluding hydrogens is 555 g/mol. The predicted molar refractivity (Wildman–Crippen MR) is 140 cm³/mol. The van der Waals surface area contributed by atoms with Crippen LogP contribution in [0.25, 0.3) is 21.2 Å². The molecule has 1 atom stereocenters. The molecule has 1 unspecified atom stereocenters. The summed E-state index contributed by atoms with van der Waals surface area (Å²) in [6.07, 6.45) is -5.10. The molecular formula is C28H25F5N2O4S. The predicted octanol–water partition coefficient (Wildman–Crippen LogP) is 6.24. The van der Waals surface area contributed by atoms with E-state index in [1.165, 1.54) is 29.9 Å². The number of aryl methyl sites for hydroxylation is 1. The third-order valence-electron chi connectivity index (χ3n) is 6.94. The number of alkyl halides is 3. The van der Waals surface area contributed by atoms with Gasteiger partial charge in [0.05, 0.1) is 5.60 Å². The maximum absolute atomic E-state index is 14.5. The lowest BCUT2D eigenvalue weighted by atomic mass is 9.93. The molecule has 2 aromatic heterocycles. The van der Waals surface area contributed by atoms with Crippen molar-refractivity contribution in [3.05, 3.63) is 81.1 Å². The fourth-order valence-electron chi connectivity index (χ4n) is 4.45. The van der Waals surface area contributed by atoms with Gasteiger partial charge in [-0.3, -0.25) is 10.1 Å². The fraction of sp³-hybridized carbons (Fsp3) is 0.321. The van der Waals surface area contributed by atoms with Crippen LogP contribution < -0.4 is 15.6 Å². The highest BCUT2D eigenvalue weighted by Crippen LogP contribution is 2.50. The molecule has 0 saturated heterocycles. The van der Waals surface area contributed by atoms with E-state index in [9.17, 15) is 37.0 Å². The van der Waals surface area contributed by atoms with Crippen LogP contribution in [-0.2, 0) is 12.6 Å². The van der Waals surface area contributed by atoms with Gasteiger partial charge in [-0.15, -0.1) is 11.3 Å². The molecule has 212 valence electrons. The highest BCUT2D eigenvalue weighted by Gasteiger charge is 2.64. The van der Waals surface area contributed by atoms with Crippen molar-refractivity contribution in [1.82, 2.24) is 9.88 Å². The lowest BCUT2D eigenvalue weighted by Gasteiger charge is -2.23. The highest BCUT2D eigenvalue weighted by molar-refractivity contribution is 7.19. The molecule has 0 radical (unpaired) electrons. The van der Waals surface area contributed by atoms with Crippen LogP contribution in [0.15, 0.2) is 53.5 Å². The highest BCUT2D eigenvalue weighted by atomic mass is 32.1. The number of nitrogens with zero attached hydrogens (tertiary/aromatic N) is 1. The number of hydrogen-bond donors (Lipinski definition) is 3. The molecule has 2 aromatic carbocycles. The number of ether oxygens (including phenoxy) is 1. The van der Waals surface area contributed by atoms with E-state index in [0.29, 0.717) is 28.1 Å². The number of nitrogens with one attached hydrogen (secondary N) is 1. The lowest BCUT2D eigenvalue weighted by Crippen LogP contribution is -2.46. The van der Waals surface area contributed by atoms with Crippen LogP contribution in [0.3, 0.4) is 0 Å². The number of halogens is 5. The summed E-state index contributed by atoms with van der Waals surface area (Å²) in [7, 11) is 1.49. The smallest absolute Gasteiger partial charge is 0.406 e. The van der Waals surface area contributed by atoms with E-state index in [0.717, 1.165) is 23.5 Å². The Balaban J connectivity index is 1.66. The van der Waals surface area contributed by atoms with E-state index >= 15 is 0 Å². The van der Waals surface area contributed by atoms with Crippen LogP contribution >= 0.6 is 11.3 Å². The van der Waals surface area contributed by atoms with E-state index in [-0.39, 0.29) is 33.9 Å². The maximum Gasteiger partial charge on any atom is 0.406 e. The summed E-state index contributed by atoms with van der Waals surface area (Å²) in [5, 5.41) is 23.9. The zero-order valence-corrected chi connectivity index (χ0v) is 22.4. The van der Waals surface area contributed by atoms with E-state index in [1.807, 2.05) is 0 Å². The number of aliphatic hydroxyl groups excluding tert-OH is 1.